The summed E-state index contributed by atoms with van der Waals surface area (Å²) in [6.07, 6.45) is 2.55. The Morgan fingerprint density at radius 3 is 2.71 bits per heavy atom. The first kappa shape index (κ1) is 24.3. The standard InChI is InChI=1S/C20H32N4O3.HI/c1-5-21-20(22-11-7-13-24-12-6-8-19(24)25)23(2)15-16-9-10-17(26-3)14-18(16)27-4;/h9-10,14H,5-8,11-13,15H2,1-4H3,(H,21,22);1H. The number of carbonyl (C=O) groups excluding carboxylic acids is 1. The van der Waals surface area contributed by atoms with Gasteiger partial charge in [0.2, 0.25) is 5.91 Å². The molecule has 1 saturated heterocycles. The zero-order valence-electron chi connectivity index (χ0n) is 17.4. The molecule has 0 spiro atoms. The minimum atomic E-state index is 0. The van der Waals surface area contributed by atoms with Crippen LogP contribution in [0.3, 0.4) is 0 Å². The number of ether oxygens (including phenoxy) is 2. The summed E-state index contributed by atoms with van der Waals surface area (Å²) in [7, 11) is 5.32. The maximum absolute atomic E-state index is 11.7. The second kappa shape index (κ2) is 12.7. The van der Waals surface area contributed by atoms with Gasteiger partial charge in [0.15, 0.2) is 5.96 Å². The fraction of sp³-hybridized carbons (Fsp3) is 0.600. The number of likely N-dealkylation sites (tertiary alicyclic amines) is 1. The normalized spacial score (nSPS) is 13.9. The molecular formula is C20H33IN4O3. The van der Waals surface area contributed by atoms with Crippen LogP contribution in [-0.4, -0.2) is 69.1 Å². The van der Waals surface area contributed by atoms with E-state index in [0.717, 1.165) is 55.5 Å². The lowest BCUT2D eigenvalue weighted by molar-refractivity contribution is -0.127. The molecule has 1 fully saturated rings. The lowest BCUT2D eigenvalue weighted by Gasteiger charge is -2.23. The van der Waals surface area contributed by atoms with Crippen LogP contribution in [0.1, 0.15) is 31.7 Å². The van der Waals surface area contributed by atoms with E-state index < -0.39 is 0 Å². The number of guanidine groups is 1. The Morgan fingerprint density at radius 1 is 1.32 bits per heavy atom. The van der Waals surface area contributed by atoms with Gasteiger partial charge in [0, 0.05) is 57.8 Å². The first-order valence-corrected chi connectivity index (χ1v) is 9.57. The molecule has 0 bridgehead atoms. The van der Waals surface area contributed by atoms with Crippen LogP contribution in [0.4, 0.5) is 0 Å². The number of methoxy groups -OCH3 is 2. The molecule has 0 aromatic heterocycles. The summed E-state index contributed by atoms with van der Waals surface area (Å²) in [4.78, 5) is 20.4. The van der Waals surface area contributed by atoms with Crippen LogP contribution >= 0.6 is 24.0 Å². The maximum Gasteiger partial charge on any atom is 0.222 e. The number of rotatable bonds is 9. The molecule has 0 unspecified atom stereocenters. The van der Waals surface area contributed by atoms with Crippen molar-refractivity contribution in [2.45, 2.75) is 32.7 Å². The molecule has 2 rings (SSSR count). The number of benzene rings is 1. The van der Waals surface area contributed by atoms with Crippen molar-refractivity contribution in [3.8, 4) is 11.5 Å². The Kier molecular flexibility index (Phi) is 11.0. The zero-order valence-corrected chi connectivity index (χ0v) is 19.7. The second-order valence-corrected chi connectivity index (χ2v) is 6.61. The van der Waals surface area contributed by atoms with Crippen molar-refractivity contribution < 1.29 is 14.3 Å². The molecule has 1 aromatic carbocycles. The van der Waals surface area contributed by atoms with E-state index in [0.29, 0.717) is 19.5 Å². The molecule has 1 aliphatic rings. The number of nitrogens with one attached hydrogen (secondary N) is 1. The fourth-order valence-electron chi connectivity index (χ4n) is 3.17. The van der Waals surface area contributed by atoms with E-state index in [-0.39, 0.29) is 29.9 Å². The third-order valence-electron chi connectivity index (χ3n) is 4.62. The number of carbonyl (C=O) groups is 1. The summed E-state index contributed by atoms with van der Waals surface area (Å²) in [6, 6.07) is 5.83. The van der Waals surface area contributed by atoms with Crippen molar-refractivity contribution in [3.63, 3.8) is 0 Å². The average molecular weight is 504 g/mol. The van der Waals surface area contributed by atoms with E-state index in [1.807, 2.05) is 30.1 Å². The van der Waals surface area contributed by atoms with Crippen molar-refractivity contribution >= 4 is 35.8 Å². The predicted octanol–water partition coefficient (Wildman–Crippen LogP) is 2.73. The van der Waals surface area contributed by atoms with Crippen LogP contribution < -0.4 is 14.8 Å². The highest BCUT2D eigenvalue weighted by Crippen LogP contribution is 2.25. The molecule has 0 aliphatic carbocycles. The number of nitrogens with zero attached hydrogens (tertiary/aromatic N) is 3. The summed E-state index contributed by atoms with van der Waals surface area (Å²) >= 11 is 0. The Labute approximate surface area is 185 Å². The Morgan fingerprint density at radius 2 is 2.11 bits per heavy atom. The van der Waals surface area contributed by atoms with Gasteiger partial charge >= 0.3 is 0 Å². The number of amides is 1. The van der Waals surface area contributed by atoms with E-state index in [2.05, 4.69) is 17.1 Å². The third kappa shape index (κ3) is 7.03. The van der Waals surface area contributed by atoms with Gasteiger partial charge in [-0.3, -0.25) is 9.79 Å². The van der Waals surface area contributed by atoms with Gasteiger partial charge in [0.1, 0.15) is 11.5 Å². The lowest BCUT2D eigenvalue weighted by Crippen LogP contribution is -2.38. The SMILES string of the molecule is CCNC(=NCCCN1CCCC1=O)N(C)Cc1ccc(OC)cc1OC.I. The molecule has 1 heterocycles. The van der Waals surface area contributed by atoms with Crippen molar-refractivity contribution in [3.05, 3.63) is 23.8 Å². The van der Waals surface area contributed by atoms with Gasteiger partial charge in [-0.15, -0.1) is 24.0 Å². The van der Waals surface area contributed by atoms with E-state index in [4.69, 9.17) is 14.5 Å². The first-order valence-electron chi connectivity index (χ1n) is 9.57. The van der Waals surface area contributed by atoms with Crippen LogP contribution in [0.2, 0.25) is 0 Å². The summed E-state index contributed by atoms with van der Waals surface area (Å²) in [6.45, 7) is 5.89. The molecule has 1 aromatic rings. The monoisotopic (exact) mass is 504 g/mol. The molecular weight excluding hydrogens is 471 g/mol. The van der Waals surface area contributed by atoms with Gasteiger partial charge in [0.05, 0.1) is 14.2 Å². The molecule has 0 radical (unpaired) electrons. The van der Waals surface area contributed by atoms with E-state index in [9.17, 15) is 4.79 Å². The number of halogens is 1. The molecule has 0 saturated carbocycles. The van der Waals surface area contributed by atoms with Crippen molar-refractivity contribution in [2.24, 2.45) is 4.99 Å². The summed E-state index contributed by atoms with van der Waals surface area (Å²) in [5.74, 6) is 2.69. The van der Waals surface area contributed by atoms with Crippen LogP contribution in [0.5, 0.6) is 11.5 Å². The largest absolute Gasteiger partial charge is 0.497 e. The highest BCUT2D eigenvalue weighted by atomic mass is 127. The van der Waals surface area contributed by atoms with Gasteiger partial charge in [-0.1, -0.05) is 0 Å². The zero-order chi connectivity index (χ0) is 19.6. The topological polar surface area (TPSA) is 66.4 Å². The molecule has 1 N–H and O–H groups in total. The number of hydrogen-bond donors (Lipinski definition) is 1. The van der Waals surface area contributed by atoms with Gasteiger partial charge in [-0.25, -0.2) is 0 Å². The van der Waals surface area contributed by atoms with Crippen molar-refractivity contribution in [1.82, 2.24) is 15.1 Å². The average Bonchev–Trinajstić information content (AvgIpc) is 3.09. The summed E-state index contributed by atoms with van der Waals surface area (Å²) in [5.41, 5.74) is 1.06. The quantitative estimate of drug-likeness (QED) is 0.243. The van der Waals surface area contributed by atoms with Gasteiger partial charge in [-0.2, -0.15) is 0 Å². The second-order valence-electron chi connectivity index (χ2n) is 6.61. The van der Waals surface area contributed by atoms with Crippen LogP contribution in [0.15, 0.2) is 23.2 Å². The van der Waals surface area contributed by atoms with Crippen LogP contribution in [-0.2, 0) is 11.3 Å². The van der Waals surface area contributed by atoms with Gasteiger partial charge in [0.25, 0.3) is 0 Å². The highest BCUT2D eigenvalue weighted by Gasteiger charge is 2.19. The minimum Gasteiger partial charge on any atom is -0.497 e. The number of hydrogen-bond acceptors (Lipinski definition) is 4. The van der Waals surface area contributed by atoms with E-state index in [1.54, 1.807) is 14.2 Å². The predicted molar refractivity (Wildman–Crippen MR) is 123 cm³/mol. The Balaban J connectivity index is 0.00000392. The molecule has 0 atom stereocenters. The molecule has 1 amide bonds. The van der Waals surface area contributed by atoms with Gasteiger partial charge in [-0.05, 0) is 31.9 Å². The lowest BCUT2D eigenvalue weighted by atomic mass is 10.2. The highest BCUT2D eigenvalue weighted by molar-refractivity contribution is 14.0. The Hall–Kier alpha value is -1.71. The van der Waals surface area contributed by atoms with Crippen molar-refractivity contribution in [1.29, 1.82) is 0 Å². The molecule has 8 heteroatoms. The van der Waals surface area contributed by atoms with Crippen LogP contribution in [0, 0.1) is 0 Å². The molecule has 158 valence electrons. The molecule has 1 aliphatic heterocycles. The third-order valence-corrected chi connectivity index (χ3v) is 4.62. The fourth-order valence-corrected chi connectivity index (χ4v) is 3.17. The van der Waals surface area contributed by atoms with E-state index in [1.165, 1.54) is 0 Å². The minimum absolute atomic E-state index is 0. The van der Waals surface area contributed by atoms with Crippen LogP contribution in [0.25, 0.3) is 0 Å². The Bertz CT molecular complexity index is 654. The molecule has 7 nitrogen and oxygen atoms in total. The maximum atomic E-state index is 11.7. The number of aliphatic imine (C=N–C) groups is 1. The first-order chi connectivity index (χ1) is 13.1. The summed E-state index contributed by atoms with van der Waals surface area (Å²) < 4.78 is 10.7. The summed E-state index contributed by atoms with van der Waals surface area (Å²) in [5, 5.41) is 3.33. The smallest absolute Gasteiger partial charge is 0.222 e. The molecule has 28 heavy (non-hydrogen) atoms. The van der Waals surface area contributed by atoms with Crippen molar-refractivity contribution in [2.75, 3.05) is 47.4 Å². The van der Waals surface area contributed by atoms with E-state index >= 15 is 0 Å². The van der Waals surface area contributed by atoms with Gasteiger partial charge < -0.3 is 24.6 Å².